The first kappa shape index (κ1) is 11.7. The van der Waals surface area contributed by atoms with Crippen LogP contribution in [0.3, 0.4) is 0 Å². The lowest BCUT2D eigenvalue weighted by molar-refractivity contribution is 0.391. The van der Waals surface area contributed by atoms with Gasteiger partial charge in [0.05, 0.1) is 7.11 Å². The second kappa shape index (κ2) is 4.24. The molecule has 2 rings (SSSR count). The van der Waals surface area contributed by atoms with Crippen molar-refractivity contribution in [3.05, 3.63) is 35.6 Å². The fourth-order valence-electron chi connectivity index (χ4n) is 2.08. The van der Waals surface area contributed by atoms with Crippen LogP contribution in [0.5, 0.6) is 11.5 Å². The van der Waals surface area contributed by atoms with E-state index in [0.717, 1.165) is 16.3 Å². The van der Waals surface area contributed by atoms with E-state index in [1.54, 1.807) is 18.2 Å². The van der Waals surface area contributed by atoms with Crippen molar-refractivity contribution in [3.63, 3.8) is 0 Å². The third kappa shape index (κ3) is 1.93. The largest absolute Gasteiger partial charge is 0.508 e. The molecule has 0 heterocycles. The van der Waals surface area contributed by atoms with E-state index >= 15 is 0 Å². The van der Waals surface area contributed by atoms with Gasteiger partial charge >= 0.3 is 0 Å². The quantitative estimate of drug-likeness (QED) is 0.856. The third-order valence-corrected chi connectivity index (χ3v) is 2.86. The van der Waals surface area contributed by atoms with Crippen molar-refractivity contribution in [1.29, 1.82) is 0 Å². The van der Waals surface area contributed by atoms with Crippen molar-refractivity contribution in [3.8, 4) is 11.5 Å². The molecular formula is C14H15FO2. The van der Waals surface area contributed by atoms with Crippen molar-refractivity contribution >= 4 is 10.8 Å². The molecule has 0 bridgehead atoms. The SMILES string of the molecule is COc1c(F)ccc2cc(O)cc(C(C)C)c12. The van der Waals surface area contributed by atoms with Crippen LogP contribution in [0.4, 0.5) is 4.39 Å². The molecule has 2 nitrogen and oxygen atoms in total. The average molecular weight is 234 g/mol. The summed E-state index contributed by atoms with van der Waals surface area (Å²) in [5.74, 6) is 0.231. The summed E-state index contributed by atoms with van der Waals surface area (Å²) in [5, 5.41) is 11.2. The maximum atomic E-state index is 13.7. The zero-order chi connectivity index (χ0) is 12.6. The molecule has 0 radical (unpaired) electrons. The van der Waals surface area contributed by atoms with Gasteiger partial charge in [0.2, 0.25) is 0 Å². The van der Waals surface area contributed by atoms with Crippen molar-refractivity contribution in [2.75, 3.05) is 7.11 Å². The van der Waals surface area contributed by atoms with Gasteiger partial charge in [-0.2, -0.15) is 0 Å². The first-order valence-corrected chi connectivity index (χ1v) is 5.53. The van der Waals surface area contributed by atoms with Crippen molar-refractivity contribution in [1.82, 2.24) is 0 Å². The standard InChI is InChI=1S/C14H15FO2/c1-8(2)11-7-10(16)6-9-4-5-12(15)14(17-3)13(9)11/h4-8,16H,1-3H3. The molecule has 0 saturated heterocycles. The Morgan fingerprint density at radius 2 is 1.94 bits per heavy atom. The van der Waals surface area contributed by atoms with Gasteiger partial charge in [0, 0.05) is 5.39 Å². The molecule has 0 unspecified atom stereocenters. The Kier molecular flexibility index (Phi) is 2.92. The maximum absolute atomic E-state index is 13.7. The normalized spacial score (nSPS) is 11.1. The predicted molar refractivity (Wildman–Crippen MR) is 66.2 cm³/mol. The molecule has 0 aromatic heterocycles. The van der Waals surface area contributed by atoms with Gasteiger partial charge in [-0.3, -0.25) is 0 Å². The number of benzene rings is 2. The van der Waals surface area contributed by atoms with E-state index in [4.69, 9.17) is 4.74 Å². The number of aromatic hydroxyl groups is 1. The van der Waals surface area contributed by atoms with Gasteiger partial charge < -0.3 is 9.84 Å². The van der Waals surface area contributed by atoms with Crippen LogP contribution in [0.2, 0.25) is 0 Å². The minimum Gasteiger partial charge on any atom is -0.508 e. The summed E-state index contributed by atoms with van der Waals surface area (Å²) in [4.78, 5) is 0. The molecule has 2 aromatic rings. The molecule has 0 fully saturated rings. The number of hydrogen-bond acceptors (Lipinski definition) is 2. The monoisotopic (exact) mass is 234 g/mol. The minimum atomic E-state index is -0.382. The van der Waals surface area contributed by atoms with Crippen LogP contribution >= 0.6 is 0 Å². The molecule has 0 saturated carbocycles. The van der Waals surface area contributed by atoms with Crippen LogP contribution in [0.1, 0.15) is 25.3 Å². The molecular weight excluding hydrogens is 219 g/mol. The van der Waals surface area contributed by atoms with Gasteiger partial charge in [-0.1, -0.05) is 19.9 Å². The van der Waals surface area contributed by atoms with Crippen LogP contribution in [-0.4, -0.2) is 12.2 Å². The summed E-state index contributed by atoms with van der Waals surface area (Å²) in [6.45, 7) is 4.00. The number of ether oxygens (including phenoxy) is 1. The molecule has 2 aromatic carbocycles. The highest BCUT2D eigenvalue weighted by Gasteiger charge is 2.15. The van der Waals surface area contributed by atoms with Gasteiger partial charge in [-0.15, -0.1) is 0 Å². The highest BCUT2D eigenvalue weighted by molar-refractivity contribution is 5.93. The lowest BCUT2D eigenvalue weighted by atomic mass is 9.95. The van der Waals surface area contributed by atoms with Gasteiger partial charge in [0.25, 0.3) is 0 Å². The molecule has 1 N–H and O–H groups in total. The molecule has 0 amide bonds. The maximum Gasteiger partial charge on any atom is 0.165 e. The molecule has 3 heteroatoms. The van der Waals surface area contributed by atoms with Gasteiger partial charge in [-0.05, 0) is 35.1 Å². The first-order chi connectivity index (χ1) is 8.04. The summed E-state index contributed by atoms with van der Waals surface area (Å²) in [7, 11) is 1.45. The summed E-state index contributed by atoms with van der Waals surface area (Å²) in [6.07, 6.45) is 0. The summed E-state index contributed by atoms with van der Waals surface area (Å²) in [5.41, 5.74) is 0.886. The molecule has 17 heavy (non-hydrogen) atoms. The number of halogens is 1. The molecule has 0 aliphatic heterocycles. The number of rotatable bonds is 2. The van der Waals surface area contributed by atoms with E-state index < -0.39 is 0 Å². The second-order valence-electron chi connectivity index (χ2n) is 4.37. The second-order valence-corrected chi connectivity index (χ2v) is 4.37. The molecule has 0 spiro atoms. The van der Waals surface area contributed by atoms with Crippen LogP contribution in [0.25, 0.3) is 10.8 Å². The molecule has 90 valence electrons. The molecule has 0 atom stereocenters. The van der Waals surface area contributed by atoms with Crippen LogP contribution < -0.4 is 4.74 Å². The van der Waals surface area contributed by atoms with Gasteiger partial charge in [0.15, 0.2) is 11.6 Å². The molecule has 0 aliphatic rings. The van der Waals surface area contributed by atoms with Crippen LogP contribution in [-0.2, 0) is 0 Å². The zero-order valence-electron chi connectivity index (χ0n) is 10.1. The number of methoxy groups -OCH3 is 1. The zero-order valence-corrected chi connectivity index (χ0v) is 10.1. The van der Waals surface area contributed by atoms with E-state index in [1.807, 2.05) is 13.8 Å². The van der Waals surface area contributed by atoms with Crippen LogP contribution in [0.15, 0.2) is 24.3 Å². The topological polar surface area (TPSA) is 29.5 Å². The van der Waals surface area contributed by atoms with Crippen molar-refractivity contribution < 1.29 is 14.2 Å². The average Bonchev–Trinajstić information content (AvgIpc) is 2.28. The van der Waals surface area contributed by atoms with Gasteiger partial charge in [-0.25, -0.2) is 4.39 Å². The fourth-order valence-corrected chi connectivity index (χ4v) is 2.08. The highest BCUT2D eigenvalue weighted by Crippen LogP contribution is 2.37. The highest BCUT2D eigenvalue weighted by atomic mass is 19.1. The Balaban J connectivity index is 2.91. The number of hydrogen-bond donors (Lipinski definition) is 1. The van der Waals surface area contributed by atoms with E-state index in [1.165, 1.54) is 13.2 Å². The van der Waals surface area contributed by atoms with Gasteiger partial charge in [0.1, 0.15) is 5.75 Å². The minimum absolute atomic E-state index is 0.181. The Labute approximate surface area is 99.6 Å². The van der Waals surface area contributed by atoms with Crippen molar-refractivity contribution in [2.24, 2.45) is 0 Å². The van der Waals surface area contributed by atoms with E-state index in [2.05, 4.69) is 0 Å². The number of phenols is 1. The van der Waals surface area contributed by atoms with Crippen molar-refractivity contribution in [2.45, 2.75) is 19.8 Å². The lowest BCUT2D eigenvalue weighted by Gasteiger charge is -2.14. The summed E-state index contributed by atoms with van der Waals surface area (Å²) < 4.78 is 18.8. The number of fused-ring (bicyclic) bond motifs is 1. The Bertz CT molecular complexity index is 562. The summed E-state index contributed by atoms with van der Waals surface area (Å²) >= 11 is 0. The Hall–Kier alpha value is -1.77. The summed E-state index contributed by atoms with van der Waals surface area (Å²) in [6, 6.07) is 6.28. The Morgan fingerprint density at radius 1 is 1.24 bits per heavy atom. The Morgan fingerprint density at radius 3 is 2.53 bits per heavy atom. The van der Waals surface area contributed by atoms with Crippen LogP contribution in [0, 0.1) is 5.82 Å². The first-order valence-electron chi connectivity index (χ1n) is 5.53. The van der Waals surface area contributed by atoms with E-state index in [9.17, 15) is 9.50 Å². The number of phenolic OH excluding ortho intramolecular Hbond substituents is 1. The third-order valence-electron chi connectivity index (χ3n) is 2.86. The molecule has 0 aliphatic carbocycles. The van der Waals surface area contributed by atoms with E-state index in [-0.39, 0.29) is 23.2 Å². The lowest BCUT2D eigenvalue weighted by Crippen LogP contribution is -1.95. The van der Waals surface area contributed by atoms with E-state index in [0.29, 0.717) is 0 Å². The predicted octanol–water partition coefficient (Wildman–Crippen LogP) is 3.82. The fraction of sp³-hybridized carbons (Fsp3) is 0.286. The smallest absolute Gasteiger partial charge is 0.165 e.